The van der Waals surface area contributed by atoms with Crippen molar-refractivity contribution in [1.82, 2.24) is 25.1 Å². The number of pyridine rings is 1. The quantitative estimate of drug-likeness (QED) is 0.924. The van der Waals surface area contributed by atoms with Crippen LogP contribution in [-0.2, 0) is 19.6 Å². The fraction of sp³-hybridized carbons (Fsp3) is 0.462. The predicted octanol–water partition coefficient (Wildman–Crippen LogP) is 1.46. The molecule has 106 valence electrons. The maximum Gasteiger partial charge on any atom is 0.152 e. The fourth-order valence-electron chi connectivity index (χ4n) is 2.30. The summed E-state index contributed by atoms with van der Waals surface area (Å²) in [6.45, 7) is 6.27. The van der Waals surface area contributed by atoms with Crippen LogP contribution in [-0.4, -0.2) is 32.8 Å². The van der Waals surface area contributed by atoms with Gasteiger partial charge < -0.3 is 14.8 Å². The minimum atomic E-state index is 0.704. The van der Waals surface area contributed by atoms with Gasteiger partial charge >= 0.3 is 0 Å². The molecule has 1 aliphatic rings. The summed E-state index contributed by atoms with van der Waals surface area (Å²) in [6, 6.07) is 2.05. The number of hydrogen-bond acceptors (Lipinski definition) is 5. The molecule has 0 saturated carbocycles. The van der Waals surface area contributed by atoms with Gasteiger partial charge in [-0.3, -0.25) is 0 Å². The molecule has 0 bridgehead atoms. The smallest absolute Gasteiger partial charge is 0.152 e. The highest BCUT2D eigenvalue weighted by Gasteiger charge is 2.19. The molecule has 20 heavy (non-hydrogen) atoms. The van der Waals surface area contributed by atoms with Crippen molar-refractivity contribution in [3.63, 3.8) is 0 Å². The molecule has 2 aromatic rings. The first-order valence-electron chi connectivity index (χ1n) is 6.74. The van der Waals surface area contributed by atoms with Crippen LogP contribution in [0.3, 0.4) is 0 Å². The van der Waals surface area contributed by atoms with E-state index in [1.54, 1.807) is 12.5 Å². The zero-order valence-corrected chi connectivity index (χ0v) is 12.1. The molecule has 0 aromatic carbocycles. The van der Waals surface area contributed by atoms with E-state index in [1.807, 2.05) is 0 Å². The monoisotopic (exact) mass is 292 g/mol. The van der Waals surface area contributed by atoms with Crippen LogP contribution in [0.1, 0.15) is 18.3 Å². The second-order valence-electron chi connectivity index (χ2n) is 4.78. The van der Waals surface area contributed by atoms with Crippen LogP contribution in [0.2, 0.25) is 5.02 Å². The standard InChI is InChI=1S/C13H17ClN6/c1-2-15-6-10-5-12(16-7-11(10)14)19-3-4-20-9-17-18-13(20)8-19/h5,7,9,15H,2-4,6,8H2,1H3. The lowest BCUT2D eigenvalue weighted by Gasteiger charge is -2.28. The Labute approximate surface area is 122 Å². The molecule has 2 aromatic heterocycles. The van der Waals surface area contributed by atoms with Crippen molar-refractivity contribution in [2.75, 3.05) is 18.0 Å². The van der Waals surface area contributed by atoms with E-state index >= 15 is 0 Å². The Morgan fingerprint density at radius 2 is 2.30 bits per heavy atom. The van der Waals surface area contributed by atoms with Crippen molar-refractivity contribution in [1.29, 1.82) is 0 Å². The van der Waals surface area contributed by atoms with Crippen LogP contribution in [0.25, 0.3) is 0 Å². The minimum absolute atomic E-state index is 0.704. The van der Waals surface area contributed by atoms with Gasteiger partial charge in [0, 0.05) is 25.8 Å². The Balaban J connectivity index is 1.80. The summed E-state index contributed by atoms with van der Waals surface area (Å²) >= 11 is 6.19. The molecular formula is C13H17ClN6. The van der Waals surface area contributed by atoms with Crippen LogP contribution in [0.5, 0.6) is 0 Å². The lowest BCUT2D eigenvalue weighted by molar-refractivity contribution is 0.556. The summed E-state index contributed by atoms with van der Waals surface area (Å²) in [5.41, 5.74) is 1.07. The molecule has 0 saturated heterocycles. The summed E-state index contributed by atoms with van der Waals surface area (Å²) in [5.74, 6) is 1.91. The van der Waals surface area contributed by atoms with Crippen molar-refractivity contribution in [3.8, 4) is 0 Å². The molecule has 3 rings (SSSR count). The highest BCUT2D eigenvalue weighted by Crippen LogP contribution is 2.23. The van der Waals surface area contributed by atoms with Gasteiger partial charge in [-0.25, -0.2) is 4.98 Å². The first kappa shape index (κ1) is 13.3. The Bertz CT molecular complexity index is 596. The van der Waals surface area contributed by atoms with Crippen molar-refractivity contribution in [3.05, 3.63) is 35.0 Å². The van der Waals surface area contributed by atoms with Crippen LogP contribution in [0.4, 0.5) is 5.82 Å². The molecule has 0 atom stereocenters. The molecule has 0 radical (unpaired) electrons. The number of hydrogen-bond donors (Lipinski definition) is 1. The number of nitrogens with one attached hydrogen (secondary N) is 1. The van der Waals surface area contributed by atoms with E-state index in [0.29, 0.717) is 5.02 Å². The van der Waals surface area contributed by atoms with E-state index < -0.39 is 0 Å². The Morgan fingerprint density at radius 1 is 1.40 bits per heavy atom. The largest absolute Gasteiger partial charge is 0.347 e. The Kier molecular flexibility index (Phi) is 3.84. The lowest BCUT2D eigenvalue weighted by Crippen LogP contribution is -2.34. The maximum atomic E-state index is 6.19. The minimum Gasteiger partial charge on any atom is -0.347 e. The van der Waals surface area contributed by atoms with Crippen molar-refractivity contribution < 1.29 is 0 Å². The molecule has 7 heteroatoms. The number of nitrogens with zero attached hydrogens (tertiary/aromatic N) is 5. The van der Waals surface area contributed by atoms with Gasteiger partial charge in [-0.05, 0) is 18.2 Å². The summed E-state index contributed by atoms with van der Waals surface area (Å²) in [6.07, 6.45) is 3.50. The van der Waals surface area contributed by atoms with Gasteiger partial charge in [0.2, 0.25) is 0 Å². The van der Waals surface area contributed by atoms with E-state index in [9.17, 15) is 0 Å². The number of halogens is 1. The van der Waals surface area contributed by atoms with Gasteiger partial charge in [0.15, 0.2) is 5.82 Å². The predicted molar refractivity (Wildman–Crippen MR) is 77.7 cm³/mol. The van der Waals surface area contributed by atoms with Crippen molar-refractivity contribution in [2.45, 2.75) is 26.6 Å². The van der Waals surface area contributed by atoms with Gasteiger partial charge in [0.1, 0.15) is 12.1 Å². The topological polar surface area (TPSA) is 58.9 Å². The van der Waals surface area contributed by atoms with Gasteiger partial charge in [0.05, 0.1) is 11.6 Å². The van der Waals surface area contributed by atoms with Gasteiger partial charge in [-0.15, -0.1) is 10.2 Å². The molecule has 0 aliphatic carbocycles. The summed E-state index contributed by atoms with van der Waals surface area (Å²) < 4.78 is 2.08. The van der Waals surface area contributed by atoms with E-state index in [2.05, 4.69) is 43.0 Å². The van der Waals surface area contributed by atoms with Crippen molar-refractivity contribution in [2.24, 2.45) is 0 Å². The number of anilines is 1. The van der Waals surface area contributed by atoms with Crippen molar-refractivity contribution >= 4 is 17.4 Å². The normalized spacial score (nSPS) is 14.4. The zero-order valence-electron chi connectivity index (χ0n) is 11.4. The second-order valence-corrected chi connectivity index (χ2v) is 5.18. The Morgan fingerprint density at radius 3 is 3.15 bits per heavy atom. The molecule has 6 nitrogen and oxygen atoms in total. The zero-order chi connectivity index (χ0) is 13.9. The second kappa shape index (κ2) is 5.76. The highest BCUT2D eigenvalue weighted by atomic mass is 35.5. The Hall–Kier alpha value is -1.66. The third-order valence-corrected chi connectivity index (χ3v) is 3.79. The fourth-order valence-corrected chi connectivity index (χ4v) is 2.47. The van der Waals surface area contributed by atoms with Gasteiger partial charge in [0.25, 0.3) is 0 Å². The van der Waals surface area contributed by atoms with Gasteiger partial charge in [-0.1, -0.05) is 18.5 Å². The number of aromatic nitrogens is 4. The molecule has 0 amide bonds. The van der Waals surface area contributed by atoms with E-state index in [1.165, 1.54) is 0 Å². The molecule has 1 N–H and O–H groups in total. The summed E-state index contributed by atoms with van der Waals surface area (Å²) in [4.78, 5) is 6.64. The molecule has 0 fully saturated rings. The van der Waals surface area contributed by atoms with Crippen LogP contribution < -0.4 is 10.2 Å². The first-order valence-corrected chi connectivity index (χ1v) is 7.12. The van der Waals surface area contributed by atoms with E-state index in [-0.39, 0.29) is 0 Å². The SMILES string of the molecule is CCNCc1cc(N2CCn3cnnc3C2)ncc1Cl. The first-order chi connectivity index (χ1) is 9.78. The van der Waals surface area contributed by atoms with E-state index in [4.69, 9.17) is 11.6 Å². The molecule has 3 heterocycles. The van der Waals surface area contributed by atoms with Crippen LogP contribution in [0, 0.1) is 0 Å². The number of rotatable bonds is 4. The molecule has 0 spiro atoms. The number of fused-ring (bicyclic) bond motifs is 1. The van der Waals surface area contributed by atoms with Gasteiger partial charge in [-0.2, -0.15) is 0 Å². The average Bonchev–Trinajstić information content (AvgIpc) is 2.94. The molecule has 1 aliphatic heterocycles. The molecule has 0 unspecified atom stereocenters. The summed E-state index contributed by atoms with van der Waals surface area (Å²) in [5, 5.41) is 12.1. The summed E-state index contributed by atoms with van der Waals surface area (Å²) in [7, 11) is 0. The molecular weight excluding hydrogens is 276 g/mol. The van der Waals surface area contributed by atoms with Crippen LogP contribution >= 0.6 is 11.6 Å². The third-order valence-electron chi connectivity index (χ3n) is 3.45. The van der Waals surface area contributed by atoms with Crippen LogP contribution in [0.15, 0.2) is 18.6 Å². The maximum absolute atomic E-state index is 6.19. The highest BCUT2D eigenvalue weighted by molar-refractivity contribution is 6.31. The lowest BCUT2D eigenvalue weighted by atomic mass is 10.2. The average molecular weight is 293 g/mol. The third kappa shape index (κ3) is 2.62. The van der Waals surface area contributed by atoms with E-state index in [0.717, 1.165) is 49.9 Å².